The Morgan fingerprint density at radius 1 is 1.19 bits per heavy atom. The number of halogens is 1. The van der Waals surface area contributed by atoms with E-state index in [-0.39, 0.29) is 11.7 Å². The largest absolute Gasteiger partial charge is 0.347 e. The van der Waals surface area contributed by atoms with Gasteiger partial charge in [0.15, 0.2) is 6.54 Å². The van der Waals surface area contributed by atoms with E-state index in [1.165, 1.54) is 27.8 Å². The topological polar surface area (TPSA) is 70.9 Å². The number of nitrogens with one attached hydrogen (secondary N) is 2. The standard InChI is InChI=1S/C17H20FN3O3S2/c18-15-5-3-14(4-6-15)12-19-16(22)13-20-7-9-21(10-8-20)26(23,24)17-2-1-11-25-17/h1-6,11H,7-10,12-13H2,(H,19,22)/p+1. The first kappa shape index (κ1) is 19.0. The molecule has 1 saturated heterocycles. The van der Waals surface area contributed by atoms with E-state index >= 15 is 0 Å². The minimum atomic E-state index is -3.41. The van der Waals surface area contributed by atoms with Gasteiger partial charge < -0.3 is 10.2 Å². The van der Waals surface area contributed by atoms with E-state index in [0.717, 1.165) is 10.5 Å². The third kappa shape index (κ3) is 4.67. The molecule has 0 radical (unpaired) electrons. The van der Waals surface area contributed by atoms with Gasteiger partial charge in [-0.15, -0.1) is 11.3 Å². The molecule has 2 heterocycles. The maximum atomic E-state index is 12.9. The molecule has 1 aromatic carbocycles. The van der Waals surface area contributed by atoms with E-state index < -0.39 is 10.0 Å². The molecule has 3 rings (SSSR count). The zero-order valence-corrected chi connectivity index (χ0v) is 15.8. The number of amides is 1. The van der Waals surface area contributed by atoms with E-state index in [0.29, 0.717) is 43.5 Å². The van der Waals surface area contributed by atoms with E-state index in [2.05, 4.69) is 5.32 Å². The number of hydrogen-bond donors (Lipinski definition) is 2. The lowest BCUT2D eigenvalue weighted by atomic mass is 10.2. The quantitative estimate of drug-likeness (QED) is 0.725. The van der Waals surface area contributed by atoms with Gasteiger partial charge in [0.2, 0.25) is 0 Å². The number of quaternary nitrogens is 1. The first-order valence-electron chi connectivity index (χ1n) is 8.33. The van der Waals surface area contributed by atoms with Crippen molar-refractivity contribution in [1.29, 1.82) is 0 Å². The number of thiophene rings is 1. The SMILES string of the molecule is O=C(C[NH+]1CCN(S(=O)(=O)c2cccs2)CC1)NCc1ccc(F)cc1. The number of nitrogens with zero attached hydrogens (tertiary/aromatic N) is 1. The van der Waals surface area contributed by atoms with Crippen LogP contribution in [0.3, 0.4) is 0 Å². The highest BCUT2D eigenvalue weighted by Gasteiger charge is 2.31. The highest BCUT2D eigenvalue weighted by atomic mass is 32.2. The van der Waals surface area contributed by atoms with Gasteiger partial charge in [-0.05, 0) is 29.1 Å². The van der Waals surface area contributed by atoms with Crippen LogP contribution in [0, 0.1) is 5.82 Å². The fourth-order valence-electron chi connectivity index (χ4n) is 2.85. The Kier molecular flexibility index (Phi) is 6.02. The first-order chi connectivity index (χ1) is 12.4. The average molecular weight is 399 g/mol. The van der Waals surface area contributed by atoms with E-state index in [4.69, 9.17) is 0 Å². The Labute approximate surface area is 156 Å². The maximum Gasteiger partial charge on any atom is 0.275 e. The van der Waals surface area contributed by atoms with Gasteiger partial charge in [0, 0.05) is 6.54 Å². The van der Waals surface area contributed by atoms with Gasteiger partial charge in [-0.3, -0.25) is 4.79 Å². The lowest BCUT2D eigenvalue weighted by Crippen LogP contribution is -3.15. The average Bonchev–Trinajstić information content (AvgIpc) is 3.17. The predicted molar refractivity (Wildman–Crippen MR) is 96.9 cm³/mol. The summed E-state index contributed by atoms with van der Waals surface area (Å²) in [5.41, 5.74) is 0.835. The number of rotatable bonds is 6. The summed E-state index contributed by atoms with van der Waals surface area (Å²) in [6.07, 6.45) is 0. The summed E-state index contributed by atoms with van der Waals surface area (Å²) in [5, 5.41) is 4.57. The smallest absolute Gasteiger partial charge is 0.275 e. The van der Waals surface area contributed by atoms with Crippen molar-refractivity contribution < 1.29 is 22.5 Å². The van der Waals surface area contributed by atoms with Gasteiger partial charge in [-0.1, -0.05) is 18.2 Å². The van der Waals surface area contributed by atoms with Crippen molar-refractivity contribution >= 4 is 27.3 Å². The predicted octanol–water partition coefficient (Wildman–Crippen LogP) is 0.0928. The van der Waals surface area contributed by atoms with Gasteiger partial charge >= 0.3 is 0 Å². The monoisotopic (exact) mass is 398 g/mol. The summed E-state index contributed by atoms with van der Waals surface area (Å²) in [5.74, 6) is -0.404. The summed E-state index contributed by atoms with van der Waals surface area (Å²) >= 11 is 1.22. The van der Waals surface area contributed by atoms with Crippen molar-refractivity contribution in [3.05, 3.63) is 53.2 Å². The molecule has 2 aromatic rings. The molecule has 0 unspecified atom stereocenters. The van der Waals surface area contributed by atoms with Crippen LogP contribution in [0.25, 0.3) is 0 Å². The Hall–Kier alpha value is -1.81. The second-order valence-electron chi connectivity index (χ2n) is 6.17. The van der Waals surface area contributed by atoms with Crippen LogP contribution in [-0.4, -0.2) is 51.4 Å². The lowest BCUT2D eigenvalue weighted by Gasteiger charge is -2.30. The molecule has 1 amide bonds. The molecule has 1 fully saturated rings. The van der Waals surface area contributed by atoms with Crippen LogP contribution < -0.4 is 10.2 Å². The molecule has 9 heteroatoms. The van der Waals surface area contributed by atoms with Gasteiger partial charge in [0.05, 0.1) is 26.2 Å². The number of carbonyl (C=O) groups is 1. The van der Waals surface area contributed by atoms with Crippen molar-refractivity contribution in [3.63, 3.8) is 0 Å². The fraction of sp³-hybridized carbons (Fsp3) is 0.353. The fourth-order valence-corrected chi connectivity index (χ4v) is 5.44. The van der Waals surface area contributed by atoms with Crippen molar-refractivity contribution in [2.24, 2.45) is 0 Å². The molecule has 0 aliphatic carbocycles. The Balaban J connectivity index is 1.45. The molecule has 0 bridgehead atoms. The molecule has 1 aromatic heterocycles. The van der Waals surface area contributed by atoms with Crippen LogP contribution in [0.2, 0.25) is 0 Å². The van der Waals surface area contributed by atoms with Gasteiger partial charge in [-0.2, -0.15) is 4.31 Å². The Bertz CT molecular complexity index is 831. The summed E-state index contributed by atoms with van der Waals surface area (Å²) in [6.45, 7) is 2.64. The summed E-state index contributed by atoms with van der Waals surface area (Å²) in [7, 11) is -3.41. The summed E-state index contributed by atoms with van der Waals surface area (Å²) in [4.78, 5) is 13.1. The Morgan fingerprint density at radius 2 is 1.88 bits per heavy atom. The van der Waals surface area contributed by atoms with Crippen molar-refractivity contribution in [2.45, 2.75) is 10.8 Å². The number of sulfonamides is 1. The van der Waals surface area contributed by atoms with Crippen molar-refractivity contribution in [1.82, 2.24) is 9.62 Å². The first-order valence-corrected chi connectivity index (χ1v) is 10.7. The molecule has 0 saturated carbocycles. The Morgan fingerprint density at radius 3 is 2.50 bits per heavy atom. The van der Waals surface area contributed by atoms with Crippen molar-refractivity contribution in [2.75, 3.05) is 32.7 Å². The summed E-state index contributed by atoms with van der Waals surface area (Å²) < 4.78 is 39.7. The van der Waals surface area contributed by atoms with E-state index in [1.54, 1.807) is 29.6 Å². The molecular weight excluding hydrogens is 377 g/mol. The number of carbonyl (C=O) groups excluding carboxylic acids is 1. The van der Waals surface area contributed by atoms with E-state index in [9.17, 15) is 17.6 Å². The van der Waals surface area contributed by atoms with Crippen LogP contribution >= 0.6 is 11.3 Å². The third-order valence-electron chi connectivity index (χ3n) is 4.33. The highest BCUT2D eigenvalue weighted by molar-refractivity contribution is 7.91. The normalized spacial score (nSPS) is 16.5. The highest BCUT2D eigenvalue weighted by Crippen LogP contribution is 2.20. The lowest BCUT2D eigenvalue weighted by molar-refractivity contribution is -0.895. The minimum Gasteiger partial charge on any atom is -0.347 e. The van der Waals surface area contributed by atoms with Gasteiger partial charge in [0.1, 0.15) is 10.0 Å². The number of hydrogen-bond acceptors (Lipinski definition) is 4. The van der Waals surface area contributed by atoms with Crippen molar-refractivity contribution in [3.8, 4) is 0 Å². The van der Waals surface area contributed by atoms with E-state index in [1.807, 2.05) is 0 Å². The number of benzene rings is 1. The third-order valence-corrected chi connectivity index (χ3v) is 7.60. The van der Waals surface area contributed by atoms with Crippen LogP contribution in [0.5, 0.6) is 0 Å². The van der Waals surface area contributed by atoms with Crippen LogP contribution in [0.15, 0.2) is 46.0 Å². The summed E-state index contributed by atoms with van der Waals surface area (Å²) in [6, 6.07) is 9.33. The molecule has 1 aliphatic rings. The second-order valence-corrected chi connectivity index (χ2v) is 9.28. The van der Waals surface area contributed by atoms with Gasteiger partial charge in [0.25, 0.3) is 15.9 Å². The van der Waals surface area contributed by atoms with Crippen LogP contribution in [-0.2, 0) is 21.4 Å². The second kappa shape index (κ2) is 8.26. The number of piperazine rings is 1. The molecule has 26 heavy (non-hydrogen) atoms. The molecule has 0 atom stereocenters. The molecule has 0 spiro atoms. The van der Waals surface area contributed by atoms with Gasteiger partial charge in [-0.25, -0.2) is 12.8 Å². The zero-order valence-electron chi connectivity index (χ0n) is 14.2. The minimum absolute atomic E-state index is 0.0983. The van der Waals surface area contributed by atoms with Crippen LogP contribution in [0.4, 0.5) is 4.39 Å². The molecule has 140 valence electrons. The molecule has 6 nitrogen and oxygen atoms in total. The van der Waals surface area contributed by atoms with Crippen LogP contribution in [0.1, 0.15) is 5.56 Å². The molecular formula is C17H21FN3O3S2+. The zero-order chi connectivity index (χ0) is 18.6. The molecule has 1 aliphatic heterocycles. The molecule has 2 N–H and O–H groups in total. The maximum absolute atomic E-state index is 12.9.